The molecular formula is C14H15N. The van der Waals surface area contributed by atoms with Crippen LogP contribution in [-0.4, -0.2) is 4.98 Å². The molecule has 0 unspecified atom stereocenters. The lowest BCUT2D eigenvalue weighted by Crippen LogP contribution is -1.93. The third-order valence-corrected chi connectivity index (χ3v) is 2.59. The van der Waals surface area contributed by atoms with Crippen LogP contribution in [0.2, 0.25) is 0 Å². The van der Waals surface area contributed by atoms with Gasteiger partial charge in [-0.15, -0.1) is 6.58 Å². The van der Waals surface area contributed by atoms with Crippen LogP contribution in [0.4, 0.5) is 0 Å². The molecule has 0 saturated carbocycles. The Morgan fingerprint density at radius 3 is 2.87 bits per heavy atom. The van der Waals surface area contributed by atoms with E-state index in [1.54, 1.807) is 0 Å². The lowest BCUT2D eigenvalue weighted by Gasteiger charge is -2.06. The second-order valence-electron chi connectivity index (χ2n) is 3.64. The summed E-state index contributed by atoms with van der Waals surface area (Å²) in [7, 11) is 0. The van der Waals surface area contributed by atoms with Crippen LogP contribution in [0.1, 0.15) is 18.2 Å². The molecule has 0 atom stereocenters. The first-order valence-corrected chi connectivity index (χ1v) is 5.33. The molecule has 15 heavy (non-hydrogen) atoms. The summed E-state index contributed by atoms with van der Waals surface area (Å²) in [6.07, 6.45) is 3.79. The van der Waals surface area contributed by atoms with Crippen molar-refractivity contribution in [3.63, 3.8) is 0 Å². The van der Waals surface area contributed by atoms with Gasteiger partial charge in [0.2, 0.25) is 0 Å². The van der Waals surface area contributed by atoms with Crippen molar-refractivity contribution >= 4 is 10.9 Å². The van der Waals surface area contributed by atoms with E-state index in [1.807, 2.05) is 12.1 Å². The van der Waals surface area contributed by atoms with E-state index in [2.05, 4.69) is 42.8 Å². The molecule has 0 aliphatic carbocycles. The molecule has 0 saturated heterocycles. The number of hydrogen-bond acceptors (Lipinski definition) is 1. The Balaban J connectivity index is 2.65. The third kappa shape index (κ3) is 1.91. The summed E-state index contributed by atoms with van der Waals surface area (Å²) < 4.78 is 0. The maximum Gasteiger partial charge on any atom is 0.0708 e. The standard InChI is InChI=1S/C14H15N/c1-3-7-12-10-11(4-2)13-8-5-6-9-14(13)15-12/h3,5-6,8-10H,1,4,7H2,2H3. The first kappa shape index (κ1) is 9.91. The summed E-state index contributed by atoms with van der Waals surface area (Å²) in [6, 6.07) is 10.5. The van der Waals surface area contributed by atoms with E-state index < -0.39 is 0 Å². The summed E-state index contributed by atoms with van der Waals surface area (Å²) in [6.45, 7) is 5.93. The zero-order valence-corrected chi connectivity index (χ0v) is 9.03. The molecule has 1 heteroatoms. The van der Waals surface area contributed by atoms with Gasteiger partial charge in [-0.25, -0.2) is 0 Å². The normalized spacial score (nSPS) is 10.5. The minimum atomic E-state index is 0.845. The van der Waals surface area contributed by atoms with E-state index >= 15 is 0 Å². The maximum absolute atomic E-state index is 4.60. The Bertz CT molecular complexity index is 486. The number of aromatic nitrogens is 1. The van der Waals surface area contributed by atoms with Crippen molar-refractivity contribution in [2.24, 2.45) is 0 Å². The topological polar surface area (TPSA) is 12.9 Å². The lowest BCUT2D eigenvalue weighted by atomic mass is 10.0. The number of rotatable bonds is 3. The maximum atomic E-state index is 4.60. The van der Waals surface area contributed by atoms with Crippen LogP contribution in [-0.2, 0) is 12.8 Å². The Morgan fingerprint density at radius 2 is 2.13 bits per heavy atom. The van der Waals surface area contributed by atoms with Gasteiger partial charge >= 0.3 is 0 Å². The predicted molar refractivity (Wildman–Crippen MR) is 65.0 cm³/mol. The molecule has 0 amide bonds. The molecule has 2 aromatic rings. The van der Waals surface area contributed by atoms with Gasteiger partial charge in [0, 0.05) is 17.5 Å². The van der Waals surface area contributed by atoms with Crippen molar-refractivity contribution in [2.45, 2.75) is 19.8 Å². The number of pyridine rings is 1. The Morgan fingerprint density at radius 1 is 1.33 bits per heavy atom. The lowest BCUT2D eigenvalue weighted by molar-refractivity contribution is 1.09. The smallest absolute Gasteiger partial charge is 0.0708 e. The molecule has 76 valence electrons. The predicted octanol–water partition coefficient (Wildman–Crippen LogP) is 3.53. The molecule has 1 nitrogen and oxygen atoms in total. The van der Waals surface area contributed by atoms with E-state index in [9.17, 15) is 0 Å². The molecule has 1 aromatic carbocycles. The summed E-state index contributed by atoms with van der Waals surface area (Å²) in [5.41, 5.74) is 3.58. The van der Waals surface area contributed by atoms with Crippen molar-refractivity contribution in [1.82, 2.24) is 4.98 Å². The van der Waals surface area contributed by atoms with Crippen LogP contribution in [0, 0.1) is 0 Å². The van der Waals surface area contributed by atoms with Crippen molar-refractivity contribution in [2.75, 3.05) is 0 Å². The minimum absolute atomic E-state index is 0.845. The van der Waals surface area contributed by atoms with E-state index in [0.29, 0.717) is 0 Å². The van der Waals surface area contributed by atoms with Crippen LogP contribution < -0.4 is 0 Å². The highest BCUT2D eigenvalue weighted by atomic mass is 14.7. The summed E-state index contributed by atoms with van der Waals surface area (Å²) in [5.74, 6) is 0. The molecule has 0 fully saturated rings. The second kappa shape index (κ2) is 4.26. The monoisotopic (exact) mass is 197 g/mol. The van der Waals surface area contributed by atoms with E-state index in [0.717, 1.165) is 24.1 Å². The van der Waals surface area contributed by atoms with Gasteiger partial charge in [-0.3, -0.25) is 4.98 Å². The molecule has 1 aromatic heterocycles. The number of fused-ring (bicyclic) bond motifs is 1. The Kier molecular flexibility index (Phi) is 2.82. The van der Waals surface area contributed by atoms with E-state index in [4.69, 9.17) is 0 Å². The molecule has 0 aliphatic heterocycles. The van der Waals surface area contributed by atoms with Crippen LogP contribution in [0.15, 0.2) is 43.0 Å². The van der Waals surface area contributed by atoms with Gasteiger partial charge in [-0.1, -0.05) is 31.2 Å². The number of allylic oxidation sites excluding steroid dienone is 1. The highest BCUT2D eigenvalue weighted by molar-refractivity contribution is 5.82. The van der Waals surface area contributed by atoms with Gasteiger partial charge in [0.05, 0.1) is 5.52 Å². The SMILES string of the molecule is C=CCc1cc(CC)c2ccccc2n1. The zero-order chi connectivity index (χ0) is 10.7. The van der Waals surface area contributed by atoms with Crippen molar-refractivity contribution < 1.29 is 0 Å². The highest BCUT2D eigenvalue weighted by Crippen LogP contribution is 2.19. The Labute approximate surface area is 90.5 Å². The molecule has 0 spiro atoms. The zero-order valence-electron chi connectivity index (χ0n) is 9.03. The molecule has 2 rings (SSSR count). The fourth-order valence-corrected chi connectivity index (χ4v) is 1.85. The van der Waals surface area contributed by atoms with E-state index in [-0.39, 0.29) is 0 Å². The van der Waals surface area contributed by atoms with Gasteiger partial charge in [0.15, 0.2) is 0 Å². The molecule has 0 radical (unpaired) electrons. The molecule has 0 aliphatic rings. The number of hydrogen-bond donors (Lipinski definition) is 0. The molecule has 1 heterocycles. The van der Waals surface area contributed by atoms with Crippen LogP contribution in [0.5, 0.6) is 0 Å². The summed E-state index contributed by atoms with van der Waals surface area (Å²) in [4.78, 5) is 4.60. The second-order valence-corrected chi connectivity index (χ2v) is 3.64. The quantitative estimate of drug-likeness (QED) is 0.686. The molecule has 0 N–H and O–H groups in total. The van der Waals surface area contributed by atoms with Crippen molar-refractivity contribution in [1.29, 1.82) is 0 Å². The van der Waals surface area contributed by atoms with E-state index in [1.165, 1.54) is 10.9 Å². The largest absolute Gasteiger partial charge is 0.252 e. The Hall–Kier alpha value is -1.63. The third-order valence-electron chi connectivity index (χ3n) is 2.59. The number of para-hydroxylation sites is 1. The fourth-order valence-electron chi connectivity index (χ4n) is 1.85. The van der Waals surface area contributed by atoms with Gasteiger partial charge in [-0.2, -0.15) is 0 Å². The number of aryl methyl sites for hydroxylation is 1. The first-order valence-electron chi connectivity index (χ1n) is 5.33. The summed E-state index contributed by atoms with van der Waals surface area (Å²) >= 11 is 0. The van der Waals surface area contributed by atoms with Gasteiger partial charge < -0.3 is 0 Å². The first-order chi connectivity index (χ1) is 7.35. The minimum Gasteiger partial charge on any atom is -0.252 e. The molecule has 0 bridgehead atoms. The fraction of sp³-hybridized carbons (Fsp3) is 0.214. The van der Waals surface area contributed by atoms with Gasteiger partial charge in [-0.05, 0) is 24.1 Å². The highest BCUT2D eigenvalue weighted by Gasteiger charge is 2.02. The van der Waals surface area contributed by atoms with Crippen molar-refractivity contribution in [3.05, 3.63) is 54.2 Å². The van der Waals surface area contributed by atoms with Crippen LogP contribution >= 0.6 is 0 Å². The average Bonchev–Trinajstić information content (AvgIpc) is 2.28. The van der Waals surface area contributed by atoms with Gasteiger partial charge in [0.25, 0.3) is 0 Å². The summed E-state index contributed by atoms with van der Waals surface area (Å²) in [5, 5.41) is 1.27. The number of benzene rings is 1. The average molecular weight is 197 g/mol. The van der Waals surface area contributed by atoms with Gasteiger partial charge in [0.1, 0.15) is 0 Å². The number of nitrogens with zero attached hydrogens (tertiary/aromatic N) is 1. The van der Waals surface area contributed by atoms with Crippen LogP contribution in [0.3, 0.4) is 0 Å². The van der Waals surface area contributed by atoms with Crippen molar-refractivity contribution in [3.8, 4) is 0 Å². The molecular weight excluding hydrogens is 182 g/mol. The van der Waals surface area contributed by atoms with Crippen LogP contribution in [0.25, 0.3) is 10.9 Å².